The number of nitrogens with one attached hydrogen (secondary N) is 1. The van der Waals surface area contributed by atoms with E-state index in [4.69, 9.17) is 14.2 Å². The number of aromatic nitrogens is 1. The lowest BCUT2D eigenvalue weighted by molar-refractivity contribution is 0.111. The molecule has 1 N–H and O–H groups in total. The number of aryl methyl sites for hydroxylation is 2. The molecule has 0 saturated heterocycles. The van der Waals surface area contributed by atoms with E-state index in [2.05, 4.69) is 49.0 Å². The Hall–Kier alpha value is -2.66. The van der Waals surface area contributed by atoms with Crippen LogP contribution in [0, 0.1) is 6.92 Å². The lowest BCUT2D eigenvalue weighted by Crippen LogP contribution is -2.08. The molecule has 3 rings (SSSR count). The van der Waals surface area contributed by atoms with Gasteiger partial charge in [-0.2, -0.15) is 0 Å². The molecule has 3 aromatic rings. The van der Waals surface area contributed by atoms with Gasteiger partial charge in [-0.1, -0.05) is 6.07 Å². The number of rotatable bonds is 8. The number of methoxy groups -OCH3 is 3. The summed E-state index contributed by atoms with van der Waals surface area (Å²) in [6.07, 6.45) is 2.28. The largest absolute Gasteiger partial charge is 0.493 e. The van der Waals surface area contributed by atoms with E-state index < -0.39 is 0 Å². The predicted octanol–water partition coefficient (Wildman–Crippen LogP) is 5.22. The van der Waals surface area contributed by atoms with Crippen molar-refractivity contribution in [1.29, 1.82) is 0 Å². The zero-order valence-corrected chi connectivity index (χ0v) is 17.6. The summed E-state index contributed by atoms with van der Waals surface area (Å²) in [4.78, 5) is 0. The minimum Gasteiger partial charge on any atom is -0.493 e. The van der Waals surface area contributed by atoms with Crippen molar-refractivity contribution >= 4 is 22.3 Å². The van der Waals surface area contributed by atoms with Gasteiger partial charge in [0.05, 0.1) is 25.8 Å². The summed E-state index contributed by atoms with van der Waals surface area (Å²) in [6, 6.07) is 12.3. The van der Waals surface area contributed by atoms with Gasteiger partial charge in [0, 0.05) is 42.7 Å². The summed E-state index contributed by atoms with van der Waals surface area (Å²) in [5, 5.41) is 4.76. The first-order chi connectivity index (χ1) is 13.5. The van der Waals surface area contributed by atoms with Gasteiger partial charge in [-0.15, -0.1) is 0 Å². The molecule has 0 fully saturated rings. The van der Waals surface area contributed by atoms with E-state index in [0.29, 0.717) is 5.75 Å². The van der Waals surface area contributed by atoms with Gasteiger partial charge in [0.15, 0.2) is 11.5 Å². The molecule has 0 radical (unpaired) electrons. The van der Waals surface area contributed by atoms with E-state index in [1.807, 2.05) is 18.2 Å². The molecule has 5 heteroatoms. The van der Waals surface area contributed by atoms with Gasteiger partial charge in [-0.25, -0.2) is 0 Å². The fourth-order valence-corrected chi connectivity index (χ4v) is 3.65. The third-order valence-corrected chi connectivity index (χ3v) is 5.46. The third kappa shape index (κ3) is 3.94. The second-order valence-electron chi connectivity index (χ2n) is 7.14. The quantitative estimate of drug-likeness (QED) is 0.580. The van der Waals surface area contributed by atoms with Gasteiger partial charge in [0.2, 0.25) is 0 Å². The predicted molar refractivity (Wildman–Crippen MR) is 115 cm³/mol. The van der Waals surface area contributed by atoms with E-state index in [0.717, 1.165) is 30.0 Å². The van der Waals surface area contributed by atoms with Gasteiger partial charge in [0.1, 0.15) is 0 Å². The monoisotopic (exact) mass is 382 g/mol. The SMILES string of the molecule is COc1ccc(Nc2ccc3c(C)c(CCC(C)OC)n(C)c3c2)cc1OC. The number of fused-ring (bicyclic) bond motifs is 1. The van der Waals surface area contributed by atoms with Crippen LogP contribution in [0.4, 0.5) is 11.4 Å². The van der Waals surface area contributed by atoms with Crippen LogP contribution in [0.15, 0.2) is 36.4 Å². The molecule has 0 aliphatic rings. The van der Waals surface area contributed by atoms with Crippen LogP contribution in [-0.4, -0.2) is 32.0 Å². The molecule has 0 spiro atoms. The van der Waals surface area contributed by atoms with Crippen molar-refractivity contribution in [3.8, 4) is 11.5 Å². The first kappa shape index (κ1) is 20.1. The topological polar surface area (TPSA) is 44.7 Å². The zero-order chi connectivity index (χ0) is 20.3. The molecule has 1 heterocycles. The Morgan fingerprint density at radius 3 is 2.32 bits per heavy atom. The lowest BCUT2D eigenvalue weighted by atomic mass is 10.1. The minimum atomic E-state index is 0.264. The van der Waals surface area contributed by atoms with Crippen molar-refractivity contribution in [1.82, 2.24) is 4.57 Å². The Kier molecular flexibility index (Phi) is 6.15. The zero-order valence-electron chi connectivity index (χ0n) is 17.6. The normalized spacial score (nSPS) is 12.2. The fourth-order valence-electron chi connectivity index (χ4n) is 3.65. The van der Waals surface area contributed by atoms with Crippen LogP contribution in [0.2, 0.25) is 0 Å². The molecular formula is C23H30N2O3. The molecule has 0 aliphatic carbocycles. The molecule has 0 saturated carbocycles. The Balaban J connectivity index is 1.89. The van der Waals surface area contributed by atoms with Gasteiger partial charge in [0.25, 0.3) is 0 Å². The highest BCUT2D eigenvalue weighted by Gasteiger charge is 2.14. The van der Waals surface area contributed by atoms with E-state index in [9.17, 15) is 0 Å². The lowest BCUT2D eigenvalue weighted by Gasteiger charge is -2.12. The van der Waals surface area contributed by atoms with Gasteiger partial charge >= 0.3 is 0 Å². The number of hydrogen-bond acceptors (Lipinski definition) is 4. The summed E-state index contributed by atoms with van der Waals surface area (Å²) in [5.41, 5.74) is 5.93. The second-order valence-corrected chi connectivity index (χ2v) is 7.14. The molecule has 150 valence electrons. The Morgan fingerprint density at radius 1 is 0.964 bits per heavy atom. The number of ether oxygens (including phenoxy) is 3. The number of benzene rings is 2. The first-order valence-electron chi connectivity index (χ1n) is 9.58. The molecule has 0 amide bonds. The average molecular weight is 383 g/mol. The molecule has 1 atom stereocenters. The molecule has 0 aliphatic heterocycles. The Morgan fingerprint density at radius 2 is 1.64 bits per heavy atom. The van der Waals surface area contributed by atoms with Gasteiger partial charge in [-0.3, -0.25) is 0 Å². The number of anilines is 2. The van der Waals surface area contributed by atoms with Crippen molar-refractivity contribution in [2.45, 2.75) is 32.8 Å². The van der Waals surface area contributed by atoms with Crippen LogP contribution in [0.5, 0.6) is 11.5 Å². The highest BCUT2D eigenvalue weighted by atomic mass is 16.5. The molecule has 1 unspecified atom stereocenters. The maximum absolute atomic E-state index is 5.41. The Bertz CT molecular complexity index is 962. The van der Waals surface area contributed by atoms with Crippen LogP contribution < -0.4 is 14.8 Å². The van der Waals surface area contributed by atoms with E-state index in [-0.39, 0.29) is 6.10 Å². The fraction of sp³-hybridized carbons (Fsp3) is 0.391. The summed E-state index contributed by atoms with van der Waals surface area (Å²) >= 11 is 0. The smallest absolute Gasteiger partial charge is 0.162 e. The van der Waals surface area contributed by atoms with Crippen molar-refractivity contribution in [2.24, 2.45) is 7.05 Å². The summed E-state index contributed by atoms with van der Waals surface area (Å²) in [5.74, 6) is 1.43. The standard InChI is InChI=1S/C23H30N2O3/c1-15(26-4)7-11-20-16(2)19-10-8-17(13-21(19)25(20)3)24-18-9-12-22(27-5)23(14-18)28-6/h8-10,12-15,24H,7,11H2,1-6H3. The summed E-state index contributed by atoms with van der Waals surface area (Å²) in [6.45, 7) is 4.32. The number of nitrogens with zero attached hydrogens (tertiary/aromatic N) is 1. The second kappa shape index (κ2) is 8.57. The maximum atomic E-state index is 5.41. The van der Waals surface area contributed by atoms with Crippen LogP contribution in [-0.2, 0) is 18.2 Å². The molecule has 0 bridgehead atoms. The van der Waals surface area contributed by atoms with E-state index >= 15 is 0 Å². The van der Waals surface area contributed by atoms with Crippen LogP contribution >= 0.6 is 0 Å². The van der Waals surface area contributed by atoms with E-state index in [1.54, 1.807) is 21.3 Å². The summed E-state index contributed by atoms with van der Waals surface area (Å²) < 4.78 is 18.4. The Labute approximate surface area is 167 Å². The maximum Gasteiger partial charge on any atom is 0.162 e. The highest BCUT2D eigenvalue weighted by molar-refractivity contribution is 5.88. The van der Waals surface area contributed by atoms with Crippen LogP contribution in [0.1, 0.15) is 24.6 Å². The molecule has 1 aromatic heterocycles. The van der Waals surface area contributed by atoms with Crippen molar-refractivity contribution < 1.29 is 14.2 Å². The van der Waals surface area contributed by atoms with Crippen LogP contribution in [0.3, 0.4) is 0 Å². The first-order valence-corrected chi connectivity index (χ1v) is 9.58. The third-order valence-electron chi connectivity index (χ3n) is 5.46. The van der Waals surface area contributed by atoms with Crippen molar-refractivity contribution in [3.63, 3.8) is 0 Å². The molecular weight excluding hydrogens is 352 g/mol. The average Bonchev–Trinajstić information content (AvgIpc) is 2.95. The van der Waals surface area contributed by atoms with E-state index in [1.165, 1.54) is 22.2 Å². The van der Waals surface area contributed by atoms with Crippen LogP contribution in [0.25, 0.3) is 10.9 Å². The number of hydrogen-bond donors (Lipinski definition) is 1. The summed E-state index contributed by atoms with van der Waals surface area (Å²) in [7, 11) is 7.20. The van der Waals surface area contributed by atoms with Crippen molar-refractivity contribution in [2.75, 3.05) is 26.6 Å². The van der Waals surface area contributed by atoms with Gasteiger partial charge < -0.3 is 24.1 Å². The van der Waals surface area contributed by atoms with Gasteiger partial charge in [-0.05, 0) is 56.5 Å². The minimum absolute atomic E-state index is 0.264. The molecule has 2 aromatic carbocycles. The molecule has 5 nitrogen and oxygen atoms in total. The molecule has 28 heavy (non-hydrogen) atoms. The highest BCUT2D eigenvalue weighted by Crippen LogP contribution is 2.33. The van der Waals surface area contributed by atoms with Crippen molar-refractivity contribution in [3.05, 3.63) is 47.7 Å².